The van der Waals surface area contributed by atoms with E-state index in [2.05, 4.69) is 15.5 Å². The minimum atomic E-state index is -1.00. The molecule has 0 aliphatic heterocycles. The minimum absolute atomic E-state index is 0.0168. The molecule has 0 spiro atoms. The Labute approximate surface area is 150 Å². The van der Waals surface area contributed by atoms with Crippen LogP contribution in [0.25, 0.3) is 22.6 Å². The van der Waals surface area contributed by atoms with Crippen molar-refractivity contribution >= 4 is 22.9 Å². The summed E-state index contributed by atoms with van der Waals surface area (Å²) in [5.74, 6) is -1.81. The number of hydrogen-bond acceptors (Lipinski definition) is 6. The van der Waals surface area contributed by atoms with E-state index >= 15 is 0 Å². The summed E-state index contributed by atoms with van der Waals surface area (Å²) in [6.07, 6.45) is 0. The van der Waals surface area contributed by atoms with Gasteiger partial charge in [-0.1, -0.05) is 17.2 Å². The molecule has 4 aromatic rings. The van der Waals surface area contributed by atoms with Crippen molar-refractivity contribution in [2.75, 3.05) is 12.4 Å². The lowest BCUT2D eigenvalue weighted by atomic mass is 10.2. The molecule has 27 heavy (non-hydrogen) atoms. The molecule has 0 aliphatic carbocycles. The predicted octanol–water partition coefficient (Wildman–Crippen LogP) is 4.02. The number of para-hydroxylation sites is 1. The number of carbonyl (C=O) groups excluding carboxylic acids is 1. The van der Waals surface area contributed by atoms with Gasteiger partial charge in [0, 0.05) is 11.5 Å². The third-order valence-electron chi connectivity index (χ3n) is 3.76. The summed E-state index contributed by atoms with van der Waals surface area (Å²) in [5.41, 5.74) is 0.150. The number of rotatable bonds is 4. The number of nitrogens with zero attached hydrogens (tertiary/aromatic N) is 2. The SMILES string of the molecule is COc1cccc2cc(-c3nnc(NC(=O)c4ccc(F)cc4F)o3)oc12. The van der Waals surface area contributed by atoms with Crippen molar-refractivity contribution in [2.45, 2.75) is 0 Å². The van der Waals surface area contributed by atoms with Crippen molar-refractivity contribution in [3.05, 3.63) is 59.7 Å². The van der Waals surface area contributed by atoms with Crippen LogP contribution >= 0.6 is 0 Å². The number of nitrogens with one attached hydrogen (secondary N) is 1. The monoisotopic (exact) mass is 371 g/mol. The van der Waals surface area contributed by atoms with Crippen molar-refractivity contribution in [2.24, 2.45) is 0 Å². The largest absolute Gasteiger partial charge is 0.493 e. The van der Waals surface area contributed by atoms with Crippen LogP contribution in [0.3, 0.4) is 0 Å². The van der Waals surface area contributed by atoms with E-state index in [-0.39, 0.29) is 23.2 Å². The lowest BCUT2D eigenvalue weighted by molar-refractivity contribution is 0.102. The molecule has 0 saturated heterocycles. The number of methoxy groups -OCH3 is 1. The lowest BCUT2D eigenvalue weighted by Gasteiger charge is -2.01. The third-order valence-corrected chi connectivity index (χ3v) is 3.76. The highest BCUT2D eigenvalue weighted by molar-refractivity contribution is 6.03. The molecule has 0 unspecified atom stereocenters. The zero-order chi connectivity index (χ0) is 19.0. The maximum Gasteiger partial charge on any atom is 0.322 e. The molecule has 0 radical (unpaired) electrons. The van der Waals surface area contributed by atoms with Crippen LogP contribution in [0.15, 0.2) is 51.3 Å². The van der Waals surface area contributed by atoms with Gasteiger partial charge in [-0.3, -0.25) is 10.1 Å². The predicted molar refractivity (Wildman–Crippen MR) is 90.4 cm³/mol. The molecule has 0 aliphatic rings. The van der Waals surface area contributed by atoms with Crippen LogP contribution in [-0.2, 0) is 0 Å². The fourth-order valence-corrected chi connectivity index (χ4v) is 2.51. The Balaban J connectivity index is 1.59. The molecule has 0 fully saturated rings. The number of ether oxygens (including phenoxy) is 1. The van der Waals surface area contributed by atoms with Crippen molar-refractivity contribution in [1.82, 2.24) is 10.2 Å². The summed E-state index contributed by atoms with van der Waals surface area (Å²) in [6.45, 7) is 0. The third kappa shape index (κ3) is 3.10. The van der Waals surface area contributed by atoms with Crippen molar-refractivity contribution in [1.29, 1.82) is 0 Å². The van der Waals surface area contributed by atoms with Crippen LogP contribution < -0.4 is 10.1 Å². The second-order valence-electron chi connectivity index (χ2n) is 5.48. The Hall–Kier alpha value is -3.75. The highest BCUT2D eigenvalue weighted by Crippen LogP contribution is 2.33. The van der Waals surface area contributed by atoms with Gasteiger partial charge in [0.25, 0.3) is 11.8 Å². The van der Waals surface area contributed by atoms with Gasteiger partial charge in [0.1, 0.15) is 11.6 Å². The first-order chi connectivity index (χ1) is 13.0. The summed E-state index contributed by atoms with van der Waals surface area (Å²) < 4.78 is 42.9. The van der Waals surface area contributed by atoms with Crippen LogP contribution in [-0.4, -0.2) is 23.2 Å². The first-order valence-corrected chi connectivity index (χ1v) is 7.72. The molecular formula is C18H11F2N3O4. The second kappa shape index (κ2) is 6.52. The quantitative estimate of drug-likeness (QED) is 0.583. The van der Waals surface area contributed by atoms with E-state index < -0.39 is 17.5 Å². The second-order valence-corrected chi connectivity index (χ2v) is 5.48. The van der Waals surface area contributed by atoms with Gasteiger partial charge in [-0.05, 0) is 24.3 Å². The number of carbonyl (C=O) groups is 1. The highest BCUT2D eigenvalue weighted by Gasteiger charge is 2.19. The maximum atomic E-state index is 13.7. The van der Waals surface area contributed by atoms with E-state index in [4.69, 9.17) is 13.6 Å². The van der Waals surface area contributed by atoms with Gasteiger partial charge < -0.3 is 13.6 Å². The van der Waals surface area contributed by atoms with Crippen LogP contribution in [0.2, 0.25) is 0 Å². The molecule has 0 saturated carbocycles. The number of hydrogen-bond donors (Lipinski definition) is 1. The summed E-state index contributed by atoms with van der Waals surface area (Å²) >= 11 is 0. The van der Waals surface area contributed by atoms with E-state index in [1.807, 2.05) is 6.07 Å². The van der Waals surface area contributed by atoms with Gasteiger partial charge in [0.15, 0.2) is 17.1 Å². The number of aromatic nitrogens is 2. The fraction of sp³-hybridized carbons (Fsp3) is 0.0556. The Bertz CT molecular complexity index is 1150. The van der Waals surface area contributed by atoms with Gasteiger partial charge >= 0.3 is 6.01 Å². The highest BCUT2D eigenvalue weighted by atomic mass is 19.1. The molecule has 2 heterocycles. The summed E-state index contributed by atoms with van der Waals surface area (Å²) in [7, 11) is 1.52. The fourth-order valence-electron chi connectivity index (χ4n) is 2.51. The van der Waals surface area contributed by atoms with Gasteiger partial charge in [-0.15, -0.1) is 5.10 Å². The zero-order valence-corrected chi connectivity index (χ0v) is 13.8. The van der Waals surface area contributed by atoms with Crippen LogP contribution in [0.5, 0.6) is 5.75 Å². The standard InChI is InChI=1S/C18H11F2N3O4/c1-25-13-4-2-3-9-7-14(26-15(9)13)17-22-23-18(27-17)21-16(24)11-6-5-10(19)8-12(11)20/h2-8H,1H3,(H,21,23,24). The van der Waals surface area contributed by atoms with Gasteiger partial charge in [0.2, 0.25) is 0 Å². The van der Waals surface area contributed by atoms with E-state index in [1.165, 1.54) is 7.11 Å². The zero-order valence-electron chi connectivity index (χ0n) is 13.8. The van der Waals surface area contributed by atoms with E-state index in [9.17, 15) is 13.6 Å². The molecule has 2 aromatic heterocycles. The van der Waals surface area contributed by atoms with E-state index in [0.29, 0.717) is 17.4 Å². The molecule has 4 rings (SSSR count). The Kier molecular flexibility index (Phi) is 4.03. The molecule has 1 amide bonds. The van der Waals surface area contributed by atoms with Gasteiger partial charge in [-0.25, -0.2) is 8.78 Å². The smallest absolute Gasteiger partial charge is 0.322 e. The van der Waals surface area contributed by atoms with Crippen molar-refractivity contribution in [3.8, 4) is 17.4 Å². The molecule has 7 nitrogen and oxygen atoms in total. The maximum absolute atomic E-state index is 13.7. The molecule has 0 bridgehead atoms. The van der Waals surface area contributed by atoms with E-state index in [0.717, 1.165) is 17.5 Å². The van der Waals surface area contributed by atoms with Crippen LogP contribution in [0.1, 0.15) is 10.4 Å². The van der Waals surface area contributed by atoms with Crippen molar-refractivity contribution < 1.29 is 27.1 Å². The minimum Gasteiger partial charge on any atom is -0.493 e. The first kappa shape index (κ1) is 16.7. The Morgan fingerprint density at radius 1 is 1.11 bits per heavy atom. The average molecular weight is 371 g/mol. The van der Waals surface area contributed by atoms with Crippen LogP contribution in [0.4, 0.5) is 14.8 Å². The van der Waals surface area contributed by atoms with Crippen molar-refractivity contribution in [3.63, 3.8) is 0 Å². The number of amides is 1. The van der Waals surface area contributed by atoms with Gasteiger partial charge in [-0.2, -0.15) is 0 Å². The summed E-state index contributed by atoms with van der Waals surface area (Å²) in [4.78, 5) is 12.1. The first-order valence-electron chi connectivity index (χ1n) is 7.72. The number of anilines is 1. The molecule has 2 aromatic carbocycles. The topological polar surface area (TPSA) is 90.4 Å². The molecule has 136 valence electrons. The molecule has 1 N–H and O–H groups in total. The number of fused-ring (bicyclic) bond motifs is 1. The number of furan rings is 1. The lowest BCUT2D eigenvalue weighted by Crippen LogP contribution is -2.14. The molecular weight excluding hydrogens is 360 g/mol. The Morgan fingerprint density at radius 2 is 1.96 bits per heavy atom. The Morgan fingerprint density at radius 3 is 2.74 bits per heavy atom. The number of benzene rings is 2. The normalized spacial score (nSPS) is 10.9. The molecule has 9 heteroatoms. The average Bonchev–Trinajstić information content (AvgIpc) is 3.27. The van der Waals surface area contributed by atoms with E-state index in [1.54, 1.807) is 18.2 Å². The van der Waals surface area contributed by atoms with Crippen LogP contribution in [0, 0.1) is 11.6 Å². The molecule has 0 atom stereocenters. The number of halogens is 2. The van der Waals surface area contributed by atoms with Gasteiger partial charge in [0.05, 0.1) is 12.7 Å². The summed E-state index contributed by atoms with van der Waals surface area (Å²) in [5, 5.41) is 10.5. The summed E-state index contributed by atoms with van der Waals surface area (Å²) in [6, 6.07) is 9.38.